The van der Waals surface area contributed by atoms with Crippen LogP contribution >= 0.6 is 11.3 Å². The number of anilines is 1. The van der Waals surface area contributed by atoms with Crippen molar-refractivity contribution in [3.05, 3.63) is 77.0 Å². The number of carbonyl (C=O) groups excluding carboxylic acids is 1. The van der Waals surface area contributed by atoms with E-state index < -0.39 is 0 Å². The fourth-order valence-electron chi connectivity index (χ4n) is 3.92. The molecule has 150 valence electrons. The van der Waals surface area contributed by atoms with E-state index in [1.54, 1.807) is 11.3 Å². The Bertz CT molecular complexity index is 1150. The monoisotopic (exact) mass is 414 g/mol. The minimum Gasteiger partial charge on any atom is -0.356 e. The summed E-state index contributed by atoms with van der Waals surface area (Å²) >= 11 is 1.54. The van der Waals surface area contributed by atoms with Crippen LogP contribution in [0.2, 0.25) is 0 Å². The predicted octanol–water partition coefficient (Wildman–Crippen LogP) is 4.76. The lowest BCUT2D eigenvalue weighted by molar-refractivity contribution is 0.0931. The zero-order valence-corrected chi connectivity index (χ0v) is 17.3. The fraction of sp³-hybridized carbons (Fsp3) is 0.208. The summed E-state index contributed by atoms with van der Waals surface area (Å²) in [5, 5.41) is 8.07. The van der Waals surface area contributed by atoms with Crippen molar-refractivity contribution < 1.29 is 4.79 Å². The Morgan fingerprint density at radius 1 is 0.967 bits per heavy atom. The van der Waals surface area contributed by atoms with E-state index in [1.807, 2.05) is 65.4 Å². The van der Waals surface area contributed by atoms with Gasteiger partial charge in [0.1, 0.15) is 5.82 Å². The number of thiophene rings is 1. The fourth-order valence-corrected chi connectivity index (χ4v) is 4.55. The zero-order chi connectivity index (χ0) is 20.3. The number of hydrogen-bond acceptors (Lipinski definition) is 5. The molecule has 0 radical (unpaired) electrons. The summed E-state index contributed by atoms with van der Waals surface area (Å²) in [5.41, 5.74) is 2.72. The highest BCUT2D eigenvalue weighted by Gasteiger charge is 2.24. The molecule has 2 aromatic carbocycles. The Balaban J connectivity index is 1.38. The highest BCUT2D eigenvalue weighted by molar-refractivity contribution is 7.08. The van der Waals surface area contributed by atoms with Crippen molar-refractivity contribution in [1.29, 1.82) is 0 Å². The molecule has 5 rings (SSSR count). The second-order valence-electron chi connectivity index (χ2n) is 7.50. The molecule has 30 heavy (non-hydrogen) atoms. The van der Waals surface area contributed by atoms with Crippen molar-refractivity contribution in [3.63, 3.8) is 0 Å². The number of hydrogen-bond donors (Lipinski definition) is 1. The third kappa shape index (κ3) is 3.78. The van der Waals surface area contributed by atoms with Crippen LogP contribution in [0.1, 0.15) is 23.2 Å². The van der Waals surface area contributed by atoms with Crippen LogP contribution in [0.5, 0.6) is 0 Å². The number of amides is 1. The van der Waals surface area contributed by atoms with Gasteiger partial charge in [0.25, 0.3) is 5.91 Å². The maximum absolute atomic E-state index is 12.4. The minimum atomic E-state index is 0.0218. The average molecular weight is 415 g/mol. The van der Waals surface area contributed by atoms with Crippen LogP contribution in [0.25, 0.3) is 22.3 Å². The molecule has 3 heterocycles. The van der Waals surface area contributed by atoms with Crippen LogP contribution in [0.15, 0.2) is 71.4 Å². The molecule has 0 saturated carbocycles. The molecule has 1 fully saturated rings. The van der Waals surface area contributed by atoms with E-state index in [0.29, 0.717) is 0 Å². The van der Waals surface area contributed by atoms with Crippen molar-refractivity contribution in [2.45, 2.75) is 18.9 Å². The van der Waals surface area contributed by atoms with Gasteiger partial charge in [-0.15, -0.1) is 0 Å². The van der Waals surface area contributed by atoms with Crippen molar-refractivity contribution >= 4 is 34.0 Å². The molecule has 1 amide bonds. The quantitative estimate of drug-likeness (QED) is 0.523. The van der Waals surface area contributed by atoms with Crippen LogP contribution in [0.4, 0.5) is 5.82 Å². The average Bonchev–Trinajstić information content (AvgIpc) is 3.35. The van der Waals surface area contributed by atoms with Crippen molar-refractivity contribution in [2.24, 2.45) is 0 Å². The first-order chi connectivity index (χ1) is 14.8. The van der Waals surface area contributed by atoms with Crippen LogP contribution in [-0.2, 0) is 0 Å². The Labute approximate surface area is 179 Å². The van der Waals surface area contributed by atoms with E-state index >= 15 is 0 Å². The Morgan fingerprint density at radius 3 is 2.50 bits per heavy atom. The number of nitrogens with zero attached hydrogens (tertiary/aromatic N) is 3. The van der Waals surface area contributed by atoms with Crippen LogP contribution in [0, 0.1) is 0 Å². The van der Waals surface area contributed by atoms with Gasteiger partial charge in [-0.05, 0) is 36.4 Å². The van der Waals surface area contributed by atoms with Gasteiger partial charge in [0.15, 0.2) is 5.82 Å². The highest BCUT2D eigenvalue weighted by Crippen LogP contribution is 2.29. The zero-order valence-electron chi connectivity index (χ0n) is 16.5. The molecule has 0 aliphatic carbocycles. The van der Waals surface area contributed by atoms with Crippen LogP contribution < -0.4 is 10.2 Å². The van der Waals surface area contributed by atoms with Crippen molar-refractivity contribution in [2.75, 3.05) is 18.0 Å². The van der Waals surface area contributed by atoms with Gasteiger partial charge in [0.05, 0.1) is 5.52 Å². The number of benzene rings is 2. The second-order valence-corrected chi connectivity index (χ2v) is 8.28. The Morgan fingerprint density at radius 2 is 1.73 bits per heavy atom. The maximum atomic E-state index is 12.4. The van der Waals surface area contributed by atoms with Crippen LogP contribution in [-0.4, -0.2) is 35.0 Å². The minimum absolute atomic E-state index is 0.0218. The van der Waals surface area contributed by atoms with Gasteiger partial charge in [-0.1, -0.05) is 42.5 Å². The Hall–Kier alpha value is -3.25. The third-order valence-electron chi connectivity index (χ3n) is 5.53. The summed E-state index contributed by atoms with van der Waals surface area (Å²) in [6.45, 7) is 1.70. The summed E-state index contributed by atoms with van der Waals surface area (Å²) < 4.78 is 0. The molecule has 1 aliphatic heterocycles. The van der Waals surface area contributed by atoms with E-state index in [4.69, 9.17) is 9.97 Å². The number of carbonyl (C=O) groups is 1. The lowest BCUT2D eigenvalue weighted by atomic mass is 10.0. The molecule has 0 bridgehead atoms. The molecular weight excluding hydrogens is 392 g/mol. The third-order valence-corrected chi connectivity index (χ3v) is 6.21. The molecule has 2 aromatic heterocycles. The van der Waals surface area contributed by atoms with Gasteiger partial charge >= 0.3 is 0 Å². The number of piperidine rings is 1. The molecular formula is C24H22N4OS. The van der Waals surface area contributed by atoms with E-state index in [1.165, 1.54) is 0 Å². The smallest absolute Gasteiger partial charge is 0.252 e. The molecule has 4 aromatic rings. The van der Waals surface area contributed by atoms with E-state index in [-0.39, 0.29) is 11.9 Å². The second kappa shape index (κ2) is 8.24. The molecule has 1 N–H and O–H groups in total. The van der Waals surface area contributed by atoms with Gasteiger partial charge in [0, 0.05) is 41.0 Å². The number of aromatic nitrogens is 2. The number of para-hydroxylation sites is 1. The summed E-state index contributed by atoms with van der Waals surface area (Å²) in [4.78, 5) is 24.4. The number of fused-ring (bicyclic) bond motifs is 1. The van der Waals surface area contributed by atoms with Gasteiger partial charge in [0.2, 0.25) is 0 Å². The summed E-state index contributed by atoms with van der Waals surface area (Å²) in [6, 6.07) is 20.3. The molecule has 5 nitrogen and oxygen atoms in total. The first kappa shape index (κ1) is 18.8. The molecule has 1 saturated heterocycles. The molecule has 0 unspecified atom stereocenters. The van der Waals surface area contributed by atoms with Crippen molar-refractivity contribution in [3.8, 4) is 11.4 Å². The standard InChI is InChI=1S/C24H22N4OS/c29-24(18-12-15-30-16-18)25-19-10-13-28(14-11-19)23-20-8-4-5-9-21(20)26-22(27-23)17-6-2-1-3-7-17/h1-9,12,15-16,19H,10-11,13-14H2,(H,25,29). The number of rotatable bonds is 4. The lowest BCUT2D eigenvalue weighted by Crippen LogP contribution is -2.45. The summed E-state index contributed by atoms with van der Waals surface area (Å²) in [5.74, 6) is 1.74. The van der Waals surface area contributed by atoms with E-state index in [2.05, 4.69) is 16.3 Å². The van der Waals surface area contributed by atoms with Gasteiger partial charge in [-0.3, -0.25) is 4.79 Å². The summed E-state index contributed by atoms with van der Waals surface area (Å²) in [7, 11) is 0. The van der Waals surface area contributed by atoms with Gasteiger partial charge in [-0.2, -0.15) is 11.3 Å². The summed E-state index contributed by atoms with van der Waals surface area (Å²) in [6.07, 6.45) is 1.80. The molecule has 1 aliphatic rings. The lowest BCUT2D eigenvalue weighted by Gasteiger charge is -2.33. The molecule has 6 heteroatoms. The largest absolute Gasteiger partial charge is 0.356 e. The van der Waals surface area contributed by atoms with Gasteiger partial charge < -0.3 is 10.2 Å². The molecule has 0 spiro atoms. The first-order valence-electron chi connectivity index (χ1n) is 10.2. The number of nitrogens with one attached hydrogen (secondary N) is 1. The first-order valence-corrected chi connectivity index (χ1v) is 11.1. The maximum Gasteiger partial charge on any atom is 0.252 e. The van der Waals surface area contributed by atoms with E-state index in [0.717, 1.165) is 59.6 Å². The normalized spacial score (nSPS) is 14.7. The Kier molecular flexibility index (Phi) is 5.15. The van der Waals surface area contributed by atoms with Crippen molar-refractivity contribution in [1.82, 2.24) is 15.3 Å². The van der Waals surface area contributed by atoms with E-state index in [9.17, 15) is 4.79 Å². The predicted molar refractivity (Wildman–Crippen MR) is 122 cm³/mol. The van der Waals surface area contributed by atoms with Crippen LogP contribution in [0.3, 0.4) is 0 Å². The molecule has 0 atom stereocenters. The van der Waals surface area contributed by atoms with Gasteiger partial charge in [-0.25, -0.2) is 9.97 Å². The topological polar surface area (TPSA) is 58.1 Å². The SMILES string of the molecule is O=C(NC1CCN(c2nc(-c3ccccc3)nc3ccccc23)CC1)c1ccsc1. The highest BCUT2D eigenvalue weighted by atomic mass is 32.1.